The van der Waals surface area contributed by atoms with Crippen LogP contribution in [-0.4, -0.2) is 67.4 Å². The fourth-order valence-electron chi connectivity index (χ4n) is 3.60. The molecular weight excluding hydrogens is 356 g/mol. The standard InChI is InChI=1S/C21H24N4O3/c1-24(2)15-7-5-14(6-8-15)21-23-18-19(27)16(13-17(26)20(18)28-21)22-9-12-25-10-3-4-11-25/h5-8H,3-4,9-13H2,1-2H3. The molecule has 1 aliphatic carbocycles. The molecule has 28 heavy (non-hydrogen) atoms. The number of oxazole rings is 1. The molecule has 0 amide bonds. The second-order valence-electron chi connectivity index (χ2n) is 7.44. The zero-order valence-corrected chi connectivity index (χ0v) is 16.3. The molecule has 0 N–H and O–H groups in total. The average molecular weight is 380 g/mol. The Hall–Kier alpha value is -2.80. The van der Waals surface area contributed by atoms with E-state index in [-0.39, 0.29) is 35.3 Å². The number of carbonyl (C=O) groups is 2. The molecule has 2 aliphatic rings. The third-order valence-electron chi connectivity index (χ3n) is 5.23. The van der Waals surface area contributed by atoms with Crippen LogP contribution in [0.1, 0.15) is 40.3 Å². The Labute approximate surface area is 164 Å². The number of benzene rings is 1. The summed E-state index contributed by atoms with van der Waals surface area (Å²) in [5, 5.41) is 0. The Morgan fingerprint density at radius 1 is 1.14 bits per heavy atom. The van der Waals surface area contributed by atoms with Gasteiger partial charge in [-0.3, -0.25) is 14.6 Å². The number of rotatable bonds is 5. The quantitative estimate of drug-likeness (QED) is 0.794. The molecule has 1 saturated heterocycles. The fourth-order valence-corrected chi connectivity index (χ4v) is 3.60. The van der Waals surface area contributed by atoms with Gasteiger partial charge < -0.3 is 14.2 Å². The van der Waals surface area contributed by atoms with E-state index >= 15 is 0 Å². The lowest BCUT2D eigenvalue weighted by Gasteiger charge is -2.13. The second-order valence-corrected chi connectivity index (χ2v) is 7.44. The van der Waals surface area contributed by atoms with Crippen molar-refractivity contribution >= 4 is 23.0 Å². The van der Waals surface area contributed by atoms with E-state index in [1.807, 2.05) is 43.3 Å². The summed E-state index contributed by atoms with van der Waals surface area (Å²) < 4.78 is 5.65. The second kappa shape index (κ2) is 7.67. The van der Waals surface area contributed by atoms with Crippen LogP contribution < -0.4 is 4.90 Å². The maximum Gasteiger partial charge on any atom is 0.229 e. The number of nitrogens with zero attached hydrogens (tertiary/aromatic N) is 4. The third-order valence-corrected chi connectivity index (χ3v) is 5.23. The lowest BCUT2D eigenvalue weighted by molar-refractivity contribution is 0.0940. The van der Waals surface area contributed by atoms with Crippen LogP contribution in [0, 0.1) is 0 Å². The highest BCUT2D eigenvalue weighted by molar-refractivity contribution is 6.52. The van der Waals surface area contributed by atoms with Crippen molar-refractivity contribution in [1.29, 1.82) is 0 Å². The Kier molecular flexibility index (Phi) is 5.09. The first-order chi connectivity index (χ1) is 13.5. The molecule has 7 nitrogen and oxygen atoms in total. The van der Waals surface area contributed by atoms with Gasteiger partial charge in [-0.2, -0.15) is 0 Å². The van der Waals surface area contributed by atoms with E-state index < -0.39 is 0 Å². The molecule has 1 aliphatic heterocycles. The van der Waals surface area contributed by atoms with Crippen LogP contribution in [0.3, 0.4) is 0 Å². The number of ketones is 2. The van der Waals surface area contributed by atoms with Gasteiger partial charge in [0.05, 0.1) is 18.7 Å². The molecule has 4 rings (SSSR count). The topological polar surface area (TPSA) is 79.0 Å². The van der Waals surface area contributed by atoms with Gasteiger partial charge in [0, 0.05) is 31.9 Å². The molecule has 146 valence electrons. The summed E-state index contributed by atoms with van der Waals surface area (Å²) in [5.74, 6) is -0.195. The summed E-state index contributed by atoms with van der Waals surface area (Å²) in [6.07, 6.45) is 2.42. The van der Waals surface area contributed by atoms with Crippen LogP contribution in [-0.2, 0) is 0 Å². The maximum absolute atomic E-state index is 12.8. The highest BCUT2D eigenvalue weighted by Gasteiger charge is 2.35. The SMILES string of the molecule is CN(C)c1ccc(-c2nc3c(o2)C(=O)CC(=NCCN2CCCC2)C3=O)cc1. The summed E-state index contributed by atoms with van der Waals surface area (Å²) in [6.45, 7) is 3.52. The molecule has 1 aromatic heterocycles. The largest absolute Gasteiger partial charge is 0.432 e. The molecule has 2 heterocycles. The first-order valence-corrected chi connectivity index (χ1v) is 9.65. The highest BCUT2D eigenvalue weighted by atomic mass is 16.4. The molecule has 1 fully saturated rings. The number of Topliss-reactive ketones (excluding diaryl/α,β-unsaturated/α-hetero) is 2. The monoisotopic (exact) mass is 380 g/mol. The summed E-state index contributed by atoms with van der Waals surface area (Å²) >= 11 is 0. The summed E-state index contributed by atoms with van der Waals surface area (Å²) in [6, 6.07) is 7.61. The lowest BCUT2D eigenvalue weighted by atomic mass is 9.97. The van der Waals surface area contributed by atoms with Crippen LogP contribution in [0.15, 0.2) is 33.7 Å². The molecule has 1 aromatic carbocycles. The van der Waals surface area contributed by atoms with Crippen LogP contribution in [0.5, 0.6) is 0 Å². The van der Waals surface area contributed by atoms with Crippen molar-refractivity contribution in [2.75, 3.05) is 45.2 Å². The van der Waals surface area contributed by atoms with E-state index in [4.69, 9.17) is 4.42 Å². The summed E-state index contributed by atoms with van der Waals surface area (Å²) in [5.41, 5.74) is 2.15. The fraction of sp³-hybridized carbons (Fsp3) is 0.429. The molecule has 0 bridgehead atoms. The van der Waals surface area contributed by atoms with Crippen LogP contribution >= 0.6 is 0 Å². The van der Waals surface area contributed by atoms with Gasteiger partial charge in [-0.15, -0.1) is 0 Å². The number of hydrogen-bond donors (Lipinski definition) is 0. The minimum absolute atomic E-state index is 0.0139. The van der Waals surface area contributed by atoms with Crippen molar-refractivity contribution in [2.45, 2.75) is 19.3 Å². The molecule has 2 aromatic rings. The van der Waals surface area contributed by atoms with Gasteiger partial charge in [0.1, 0.15) is 0 Å². The maximum atomic E-state index is 12.8. The highest BCUT2D eigenvalue weighted by Crippen LogP contribution is 2.28. The molecule has 0 unspecified atom stereocenters. The van der Waals surface area contributed by atoms with Crippen molar-refractivity contribution in [1.82, 2.24) is 9.88 Å². The summed E-state index contributed by atoms with van der Waals surface area (Å²) in [7, 11) is 3.92. The number of carbonyl (C=O) groups excluding carboxylic acids is 2. The number of aromatic nitrogens is 1. The smallest absolute Gasteiger partial charge is 0.229 e. The van der Waals surface area contributed by atoms with Gasteiger partial charge in [0.25, 0.3) is 0 Å². The number of aliphatic imine (C=N–C) groups is 1. The number of fused-ring (bicyclic) bond motifs is 1. The molecule has 0 radical (unpaired) electrons. The van der Waals surface area contributed by atoms with Crippen molar-refractivity contribution in [3.63, 3.8) is 0 Å². The van der Waals surface area contributed by atoms with Gasteiger partial charge in [-0.25, -0.2) is 4.98 Å². The average Bonchev–Trinajstić information content (AvgIpc) is 3.36. The van der Waals surface area contributed by atoms with Crippen LogP contribution in [0.25, 0.3) is 11.5 Å². The Morgan fingerprint density at radius 2 is 1.86 bits per heavy atom. The number of anilines is 1. The third kappa shape index (κ3) is 3.62. The van der Waals surface area contributed by atoms with E-state index in [0.717, 1.165) is 30.9 Å². The van der Waals surface area contributed by atoms with E-state index in [1.165, 1.54) is 12.8 Å². The number of hydrogen-bond acceptors (Lipinski definition) is 7. The normalized spacial score (nSPS) is 18.7. The molecule has 0 spiro atoms. The predicted octanol–water partition coefficient (Wildman–Crippen LogP) is 2.71. The van der Waals surface area contributed by atoms with Gasteiger partial charge >= 0.3 is 0 Å². The van der Waals surface area contributed by atoms with Crippen molar-refractivity contribution in [2.24, 2.45) is 4.99 Å². The lowest BCUT2D eigenvalue weighted by Crippen LogP contribution is -2.28. The van der Waals surface area contributed by atoms with Crippen molar-refractivity contribution in [3.8, 4) is 11.5 Å². The zero-order chi connectivity index (χ0) is 19.7. The molecule has 7 heteroatoms. The molecule has 0 saturated carbocycles. The molecular formula is C21H24N4O3. The van der Waals surface area contributed by atoms with E-state index in [1.54, 1.807) is 0 Å². The summed E-state index contributed by atoms with van der Waals surface area (Å²) in [4.78, 5) is 38.3. The Morgan fingerprint density at radius 3 is 2.54 bits per heavy atom. The van der Waals surface area contributed by atoms with Crippen LogP contribution in [0.2, 0.25) is 0 Å². The zero-order valence-electron chi connectivity index (χ0n) is 16.3. The van der Waals surface area contributed by atoms with Gasteiger partial charge in [-0.1, -0.05) is 0 Å². The van der Waals surface area contributed by atoms with Crippen molar-refractivity contribution in [3.05, 3.63) is 35.7 Å². The van der Waals surface area contributed by atoms with E-state index in [0.29, 0.717) is 12.3 Å². The van der Waals surface area contributed by atoms with E-state index in [9.17, 15) is 9.59 Å². The predicted molar refractivity (Wildman–Crippen MR) is 108 cm³/mol. The van der Waals surface area contributed by atoms with E-state index in [2.05, 4.69) is 14.9 Å². The van der Waals surface area contributed by atoms with Gasteiger partial charge in [0.15, 0.2) is 5.69 Å². The molecule has 0 atom stereocenters. The minimum Gasteiger partial charge on any atom is -0.432 e. The van der Waals surface area contributed by atoms with Gasteiger partial charge in [-0.05, 0) is 50.2 Å². The Balaban J connectivity index is 1.53. The minimum atomic E-state index is -0.295. The number of likely N-dealkylation sites (tertiary alicyclic amines) is 1. The Bertz CT molecular complexity index is 922. The first kappa shape index (κ1) is 18.6. The van der Waals surface area contributed by atoms with Gasteiger partial charge in [0.2, 0.25) is 23.2 Å². The first-order valence-electron chi connectivity index (χ1n) is 9.65. The van der Waals surface area contributed by atoms with Crippen LogP contribution in [0.4, 0.5) is 5.69 Å². The van der Waals surface area contributed by atoms with Crippen molar-refractivity contribution < 1.29 is 14.0 Å².